The minimum atomic E-state index is -0.456. The predicted octanol–water partition coefficient (Wildman–Crippen LogP) is 4.71. The molecule has 8 nitrogen and oxygen atoms in total. The number of aryl methyl sites for hydroxylation is 2. The van der Waals surface area contributed by atoms with Gasteiger partial charge in [-0.25, -0.2) is 9.99 Å². The van der Waals surface area contributed by atoms with Crippen LogP contribution in [0.25, 0.3) is 11.0 Å². The Bertz CT molecular complexity index is 1510. The fourth-order valence-electron chi connectivity index (χ4n) is 4.48. The van der Waals surface area contributed by atoms with Gasteiger partial charge in [0.1, 0.15) is 11.5 Å². The van der Waals surface area contributed by atoms with Crippen molar-refractivity contribution in [2.24, 2.45) is 5.10 Å². The van der Waals surface area contributed by atoms with E-state index in [-0.39, 0.29) is 0 Å². The van der Waals surface area contributed by atoms with Crippen LogP contribution < -0.4 is 15.9 Å². The molecule has 4 aromatic rings. The minimum Gasteiger partial charge on any atom is -0.329 e. The summed E-state index contributed by atoms with van der Waals surface area (Å²) in [6, 6.07) is 24.7. The summed E-state index contributed by atoms with van der Waals surface area (Å²) in [5.41, 5.74) is 10.2. The van der Waals surface area contributed by atoms with Gasteiger partial charge in [-0.1, -0.05) is 54.6 Å². The largest absolute Gasteiger partial charge is 0.329 e. The van der Waals surface area contributed by atoms with E-state index in [4.69, 9.17) is 5.10 Å². The van der Waals surface area contributed by atoms with Crippen LogP contribution in [0.4, 0.5) is 5.69 Å². The van der Waals surface area contributed by atoms with Crippen LogP contribution >= 0.6 is 0 Å². The fourth-order valence-corrected chi connectivity index (χ4v) is 4.48. The van der Waals surface area contributed by atoms with E-state index < -0.39 is 11.8 Å². The number of imidazole rings is 1. The second kappa shape index (κ2) is 10.5. The Kier molecular flexibility index (Phi) is 6.81. The van der Waals surface area contributed by atoms with Crippen molar-refractivity contribution in [2.75, 3.05) is 5.01 Å². The van der Waals surface area contributed by atoms with E-state index in [0.29, 0.717) is 24.1 Å². The SMILES string of the molecule is CCn1c(C)nc2cc(C(=O)NNC(=O)C3=CCCC(c4ccccc4)=NN3c3ccccc3)ccc21. The number of rotatable bonds is 5. The molecule has 37 heavy (non-hydrogen) atoms. The Labute approximate surface area is 215 Å². The molecule has 1 aliphatic heterocycles. The van der Waals surface area contributed by atoms with Gasteiger partial charge in [-0.15, -0.1) is 0 Å². The molecule has 2 amide bonds. The van der Waals surface area contributed by atoms with E-state index >= 15 is 0 Å². The number of nitrogens with zero attached hydrogens (tertiary/aromatic N) is 4. The molecule has 2 heterocycles. The van der Waals surface area contributed by atoms with E-state index in [1.54, 1.807) is 17.1 Å². The summed E-state index contributed by atoms with van der Waals surface area (Å²) in [5.74, 6) is 0.00968. The normalized spacial score (nSPS) is 13.5. The lowest BCUT2D eigenvalue weighted by Crippen LogP contribution is -2.44. The average Bonchev–Trinajstić information content (AvgIpc) is 3.10. The van der Waals surface area contributed by atoms with Gasteiger partial charge in [0.15, 0.2) is 0 Å². The summed E-state index contributed by atoms with van der Waals surface area (Å²) >= 11 is 0. The number of hydrogen-bond donors (Lipinski definition) is 2. The number of aromatic nitrogens is 2. The van der Waals surface area contributed by atoms with E-state index in [2.05, 4.69) is 27.3 Å². The number of carbonyl (C=O) groups excluding carboxylic acids is 2. The van der Waals surface area contributed by atoms with Crippen molar-refractivity contribution in [2.45, 2.75) is 33.2 Å². The molecule has 8 heteroatoms. The first-order valence-electron chi connectivity index (χ1n) is 12.3. The molecule has 5 rings (SSSR count). The molecule has 0 saturated heterocycles. The third kappa shape index (κ3) is 4.99. The van der Waals surface area contributed by atoms with Crippen molar-refractivity contribution < 1.29 is 9.59 Å². The number of anilines is 1. The highest BCUT2D eigenvalue weighted by Gasteiger charge is 2.23. The molecular formula is C29H28N6O2. The first-order valence-corrected chi connectivity index (χ1v) is 12.3. The third-order valence-electron chi connectivity index (χ3n) is 6.32. The summed E-state index contributed by atoms with van der Waals surface area (Å²) in [4.78, 5) is 30.7. The molecule has 0 atom stereocenters. The Morgan fingerprint density at radius 2 is 1.62 bits per heavy atom. The quantitative estimate of drug-likeness (QED) is 0.395. The molecule has 0 spiro atoms. The maximum Gasteiger partial charge on any atom is 0.288 e. The molecule has 1 aliphatic rings. The van der Waals surface area contributed by atoms with E-state index in [1.807, 2.05) is 79.7 Å². The first kappa shape index (κ1) is 24.0. The van der Waals surface area contributed by atoms with Crippen LogP contribution in [0.3, 0.4) is 0 Å². The van der Waals surface area contributed by atoms with Crippen molar-refractivity contribution in [3.63, 3.8) is 0 Å². The van der Waals surface area contributed by atoms with E-state index in [9.17, 15) is 9.59 Å². The first-order chi connectivity index (χ1) is 18.0. The molecular weight excluding hydrogens is 464 g/mol. The highest BCUT2D eigenvalue weighted by molar-refractivity contribution is 6.05. The number of amides is 2. The van der Waals surface area contributed by atoms with Crippen molar-refractivity contribution in [1.82, 2.24) is 20.4 Å². The van der Waals surface area contributed by atoms with Crippen LogP contribution in [-0.4, -0.2) is 27.1 Å². The summed E-state index contributed by atoms with van der Waals surface area (Å²) in [5, 5.41) is 6.48. The van der Waals surface area contributed by atoms with Crippen LogP contribution in [0.2, 0.25) is 0 Å². The molecule has 0 saturated carbocycles. The van der Waals surface area contributed by atoms with Gasteiger partial charge in [0, 0.05) is 12.1 Å². The smallest absolute Gasteiger partial charge is 0.288 e. The maximum absolute atomic E-state index is 13.3. The molecule has 3 aromatic carbocycles. The lowest BCUT2D eigenvalue weighted by atomic mass is 10.1. The molecule has 0 fully saturated rings. The molecule has 1 aromatic heterocycles. The Hall–Kier alpha value is -4.72. The Balaban J connectivity index is 1.36. The van der Waals surface area contributed by atoms with Crippen LogP contribution in [-0.2, 0) is 11.3 Å². The summed E-state index contributed by atoms with van der Waals surface area (Å²) in [6.07, 6.45) is 3.16. The highest BCUT2D eigenvalue weighted by atomic mass is 16.2. The van der Waals surface area contributed by atoms with E-state index in [1.165, 1.54) is 0 Å². The fraction of sp³-hybridized carbons (Fsp3) is 0.172. The average molecular weight is 493 g/mol. The molecule has 2 N–H and O–H groups in total. The molecule has 0 aliphatic carbocycles. The molecule has 0 unspecified atom stereocenters. The second-order valence-corrected chi connectivity index (χ2v) is 8.70. The van der Waals surface area contributed by atoms with Gasteiger partial charge in [-0.3, -0.25) is 20.4 Å². The van der Waals surface area contributed by atoms with Crippen molar-refractivity contribution in [1.29, 1.82) is 0 Å². The third-order valence-corrected chi connectivity index (χ3v) is 6.32. The lowest BCUT2D eigenvalue weighted by Gasteiger charge is -2.22. The van der Waals surface area contributed by atoms with Gasteiger partial charge in [0.2, 0.25) is 0 Å². The second-order valence-electron chi connectivity index (χ2n) is 8.70. The van der Waals surface area contributed by atoms with Gasteiger partial charge in [-0.2, -0.15) is 5.10 Å². The summed E-state index contributed by atoms with van der Waals surface area (Å²) in [6.45, 7) is 4.79. The number of allylic oxidation sites excluding steroid dienone is 1. The van der Waals surface area contributed by atoms with Crippen molar-refractivity contribution in [3.8, 4) is 0 Å². The predicted molar refractivity (Wildman–Crippen MR) is 145 cm³/mol. The van der Waals surface area contributed by atoms with Gasteiger partial charge in [0.25, 0.3) is 11.8 Å². The minimum absolute atomic E-state index is 0.338. The number of benzene rings is 3. The maximum atomic E-state index is 13.3. The number of fused-ring (bicyclic) bond motifs is 1. The van der Waals surface area contributed by atoms with Crippen LogP contribution in [0.1, 0.15) is 41.5 Å². The molecule has 0 bridgehead atoms. The van der Waals surface area contributed by atoms with E-state index in [0.717, 1.165) is 40.4 Å². The molecule has 186 valence electrons. The van der Waals surface area contributed by atoms with Crippen LogP contribution in [0, 0.1) is 6.92 Å². The monoisotopic (exact) mass is 492 g/mol. The number of hydrogen-bond acceptors (Lipinski definition) is 5. The summed E-state index contributed by atoms with van der Waals surface area (Å²) < 4.78 is 2.08. The van der Waals surface area contributed by atoms with Gasteiger partial charge >= 0.3 is 0 Å². The van der Waals surface area contributed by atoms with Gasteiger partial charge < -0.3 is 4.57 Å². The van der Waals surface area contributed by atoms with Gasteiger partial charge in [-0.05, 0) is 62.6 Å². The zero-order chi connectivity index (χ0) is 25.8. The standard InChI is InChI=1S/C29H28N6O2/c1-3-34-20(2)30-25-19-22(17-18-26(25)34)28(36)31-32-29(37)27-16-10-15-24(21-11-6-4-7-12-21)33-35(27)23-13-8-5-9-14-23/h4-9,11-14,16-19H,3,10,15H2,1-2H3,(H,31,36)(H,32,37). The lowest BCUT2D eigenvalue weighted by molar-refractivity contribution is -0.118. The van der Waals surface area contributed by atoms with Crippen molar-refractivity contribution in [3.05, 3.63) is 108 Å². The van der Waals surface area contributed by atoms with Crippen LogP contribution in [0.15, 0.2) is 95.7 Å². The Morgan fingerprint density at radius 3 is 2.35 bits per heavy atom. The Morgan fingerprint density at radius 1 is 0.919 bits per heavy atom. The van der Waals surface area contributed by atoms with Crippen LogP contribution in [0.5, 0.6) is 0 Å². The zero-order valence-electron chi connectivity index (χ0n) is 20.8. The zero-order valence-corrected chi connectivity index (χ0v) is 20.8. The highest BCUT2D eigenvalue weighted by Crippen LogP contribution is 2.25. The number of carbonyl (C=O) groups is 2. The molecule has 0 radical (unpaired) electrons. The number of hydrazine groups is 1. The topological polar surface area (TPSA) is 91.6 Å². The van der Waals surface area contributed by atoms with Gasteiger partial charge in [0.05, 0.1) is 22.4 Å². The summed E-state index contributed by atoms with van der Waals surface area (Å²) in [7, 11) is 0. The van der Waals surface area contributed by atoms with Crippen molar-refractivity contribution >= 4 is 34.2 Å². The number of nitrogens with one attached hydrogen (secondary N) is 2. The number of hydrazone groups is 1. The number of para-hydroxylation sites is 1.